The molecule has 2 aromatic carbocycles. The maximum absolute atomic E-state index is 9.23. The van der Waals surface area contributed by atoms with E-state index in [0.717, 1.165) is 22.4 Å². The standard InChI is InChI=1S/C16H18O2/c1-11-4-6-14(8-12(11)2)15-9-13(10-17)5-7-16(15)18-3/h4-9,17H,10H2,1-3H3. The average molecular weight is 242 g/mol. The first-order valence-corrected chi connectivity index (χ1v) is 6.01. The van der Waals surface area contributed by atoms with E-state index in [9.17, 15) is 5.11 Å². The normalized spacial score (nSPS) is 10.4. The highest BCUT2D eigenvalue weighted by atomic mass is 16.5. The number of aliphatic hydroxyl groups excluding tert-OH is 1. The zero-order valence-corrected chi connectivity index (χ0v) is 11.0. The molecular weight excluding hydrogens is 224 g/mol. The van der Waals surface area contributed by atoms with Crippen molar-refractivity contribution in [2.75, 3.05) is 7.11 Å². The fraction of sp³-hybridized carbons (Fsp3) is 0.250. The molecule has 18 heavy (non-hydrogen) atoms. The molecule has 0 radical (unpaired) electrons. The van der Waals surface area contributed by atoms with E-state index >= 15 is 0 Å². The van der Waals surface area contributed by atoms with Crippen molar-refractivity contribution in [3.05, 3.63) is 53.1 Å². The molecule has 0 aliphatic heterocycles. The third-order valence-corrected chi connectivity index (χ3v) is 3.26. The van der Waals surface area contributed by atoms with E-state index in [-0.39, 0.29) is 6.61 Å². The second-order valence-corrected chi connectivity index (χ2v) is 4.49. The van der Waals surface area contributed by atoms with Gasteiger partial charge in [-0.25, -0.2) is 0 Å². The highest BCUT2D eigenvalue weighted by Gasteiger charge is 2.07. The Morgan fingerprint density at radius 2 is 1.78 bits per heavy atom. The molecule has 0 unspecified atom stereocenters. The van der Waals surface area contributed by atoms with Crippen LogP contribution in [0.1, 0.15) is 16.7 Å². The number of rotatable bonds is 3. The Labute approximate surface area is 108 Å². The van der Waals surface area contributed by atoms with Crippen molar-refractivity contribution in [1.82, 2.24) is 0 Å². The molecule has 0 atom stereocenters. The van der Waals surface area contributed by atoms with Gasteiger partial charge in [-0.3, -0.25) is 0 Å². The summed E-state index contributed by atoms with van der Waals surface area (Å²) < 4.78 is 5.39. The molecule has 1 N–H and O–H groups in total. The Morgan fingerprint density at radius 1 is 1.00 bits per heavy atom. The van der Waals surface area contributed by atoms with Crippen LogP contribution in [0.4, 0.5) is 0 Å². The molecule has 0 fully saturated rings. The Kier molecular flexibility index (Phi) is 3.68. The molecule has 0 spiro atoms. The predicted octanol–water partition coefficient (Wildman–Crippen LogP) is 3.47. The van der Waals surface area contributed by atoms with Crippen LogP contribution in [0.2, 0.25) is 0 Å². The van der Waals surface area contributed by atoms with Gasteiger partial charge < -0.3 is 9.84 Å². The van der Waals surface area contributed by atoms with Gasteiger partial charge in [-0.2, -0.15) is 0 Å². The summed E-state index contributed by atoms with van der Waals surface area (Å²) in [5, 5.41) is 9.23. The molecule has 0 aliphatic rings. The largest absolute Gasteiger partial charge is 0.496 e. The van der Waals surface area contributed by atoms with Crippen molar-refractivity contribution in [1.29, 1.82) is 0 Å². The van der Waals surface area contributed by atoms with Gasteiger partial charge in [0.1, 0.15) is 5.75 Å². The second-order valence-electron chi connectivity index (χ2n) is 4.49. The number of aliphatic hydroxyl groups is 1. The van der Waals surface area contributed by atoms with Gasteiger partial charge in [0.25, 0.3) is 0 Å². The zero-order chi connectivity index (χ0) is 13.1. The molecule has 0 aromatic heterocycles. The summed E-state index contributed by atoms with van der Waals surface area (Å²) in [6.45, 7) is 4.24. The fourth-order valence-electron chi connectivity index (χ4n) is 1.99. The van der Waals surface area contributed by atoms with E-state index in [1.54, 1.807) is 7.11 Å². The van der Waals surface area contributed by atoms with Crippen LogP contribution in [0, 0.1) is 13.8 Å². The van der Waals surface area contributed by atoms with Gasteiger partial charge in [-0.05, 0) is 48.2 Å². The molecule has 0 aliphatic carbocycles. The first kappa shape index (κ1) is 12.7. The Balaban J connectivity index is 2.57. The average Bonchev–Trinajstić information content (AvgIpc) is 2.41. The molecular formula is C16H18O2. The summed E-state index contributed by atoms with van der Waals surface area (Å²) >= 11 is 0. The van der Waals surface area contributed by atoms with Gasteiger partial charge in [0.15, 0.2) is 0 Å². The van der Waals surface area contributed by atoms with Crippen molar-refractivity contribution < 1.29 is 9.84 Å². The molecule has 2 rings (SSSR count). The highest BCUT2D eigenvalue weighted by Crippen LogP contribution is 2.32. The monoisotopic (exact) mass is 242 g/mol. The zero-order valence-electron chi connectivity index (χ0n) is 11.0. The lowest BCUT2D eigenvalue weighted by atomic mass is 9.98. The van der Waals surface area contributed by atoms with Gasteiger partial charge in [-0.15, -0.1) is 0 Å². The lowest BCUT2D eigenvalue weighted by Gasteiger charge is -2.11. The van der Waals surface area contributed by atoms with E-state index in [1.807, 2.05) is 18.2 Å². The summed E-state index contributed by atoms with van der Waals surface area (Å²) in [6.07, 6.45) is 0. The maximum Gasteiger partial charge on any atom is 0.126 e. The summed E-state index contributed by atoms with van der Waals surface area (Å²) in [4.78, 5) is 0. The molecule has 0 amide bonds. The number of methoxy groups -OCH3 is 1. The maximum atomic E-state index is 9.23. The van der Waals surface area contributed by atoms with Crippen LogP contribution in [-0.2, 0) is 6.61 Å². The summed E-state index contributed by atoms with van der Waals surface area (Å²) in [7, 11) is 1.67. The minimum absolute atomic E-state index is 0.0435. The van der Waals surface area contributed by atoms with Gasteiger partial charge in [-0.1, -0.05) is 24.3 Å². The van der Waals surface area contributed by atoms with E-state index in [1.165, 1.54) is 11.1 Å². The Bertz CT molecular complexity index is 559. The predicted molar refractivity (Wildman–Crippen MR) is 73.8 cm³/mol. The summed E-state index contributed by atoms with van der Waals surface area (Å²) in [5.74, 6) is 0.829. The summed E-state index contributed by atoms with van der Waals surface area (Å²) in [5.41, 5.74) is 5.56. The van der Waals surface area contributed by atoms with Crippen LogP contribution in [0.3, 0.4) is 0 Å². The van der Waals surface area contributed by atoms with E-state index in [2.05, 4.69) is 32.0 Å². The van der Waals surface area contributed by atoms with Crippen molar-refractivity contribution >= 4 is 0 Å². The Hall–Kier alpha value is -1.80. The smallest absolute Gasteiger partial charge is 0.126 e. The van der Waals surface area contributed by atoms with E-state index in [4.69, 9.17) is 4.74 Å². The number of hydrogen-bond acceptors (Lipinski definition) is 2. The molecule has 0 bridgehead atoms. The first-order chi connectivity index (χ1) is 8.65. The van der Waals surface area contributed by atoms with Crippen LogP contribution in [0.5, 0.6) is 5.75 Å². The molecule has 94 valence electrons. The van der Waals surface area contributed by atoms with E-state index in [0.29, 0.717) is 0 Å². The van der Waals surface area contributed by atoms with E-state index < -0.39 is 0 Å². The quantitative estimate of drug-likeness (QED) is 0.893. The van der Waals surface area contributed by atoms with Gasteiger partial charge >= 0.3 is 0 Å². The van der Waals surface area contributed by atoms with Crippen molar-refractivity contribution in [2.24, 2.45) is 0 Å². The highest BCUT2D eigenvalue weighted by molar-refractivity contribution is 5.72. The lowest BCUT2D eigenvalue weighted by molar-refractivity contribution is 0.281. The number of ether oxygens (including phenoxy) is 1. The molecule has 2 heteroatoms. The first-order valence-electron chi connectivity index (χ1n) is 6.01. The molecule has 0 saturated carbocycles. The molecule has 2 aromatic rings. The van der Waals surface area contributed by atoms with Crippen LogP contribution in [0.25, 0.3) is 11.1 Å². The summed E-state index contributed by atoms with van der Waals surface area (Å²) in [6, 6.07) is 12.1. The van der Waals surface area contributed by atoms with Crippen molar-refractivity contribution in [2.45, 2.75) is 20.5 Å². The SMILES string of the molecule is COc1ccc(CO)cc1-c1ccc(C)c(C)c1. The molecule has 0 heterocycles. The van der Waals surface area contributed by atoms with Crippen molar-refractivity contribution in [3.63, 3.8) is 0 Å². The van der Waals surface area contributed by atoms with Gasteiger partial charge in [0.2, 0.25) is 0 Å². The number of benzene rings is 2. The second kappa shape index (κ2) is 5.23. The van der Waals surface area contributed by atoms with Gasteiger partial charge in [0.05, 0.1) is 13.7 Å². The fourth-order valence-corrected chi connectivity index (χ4v) is 1.99. The number of hydrogen-bond donors (Lipinski definition) is 1. The lowest BCUT2D eigenvalue weighted by Crippen LogP contribution is -1.92. The molecule has 0 saturated heterocycles. The minimum atomic E-state index is 0.0435. The van der Waals surface area contributed by atoms with Crippen LogP contribution < -0.4 is 4.74 Å². The number of aryl methyl sites for hydroxylation is 2. The topological polar surface area (TPSA) is 29.5 Å². The van der Waals surface area contributed by atoms with Crippen LogP contribution >= 0.6 is 0 Å². The third kappa shape index (κ3) is 2.39. The van der Waals surface area contributed by atoms with Crippen molar-refractivity contribution in [3.8, 4) is 16.9 Å². The Morgan fingerprint density at radius 3 is 2.39 bits per heavy atom. The van der Waals surface area contributed by atoms with Gasteiger partial charge in [0, 0.05) is 5.56 Å². The third-order valence-electron chi connectivity index (χ3n) is 3.26. The molecule has 2 nitrogen and oxygen atoms in total. The minimum Gasteiger partial charge on any atom is -0.496 e. The van der Waals surface area contributed by atoms with Crippen LogP contribution in [0.15, 0.2) is 36.4 Å². The van der Waals surface area contributed by atoms with Crippen LogP contribution in [-0.4, -0.2) is 12.2 Å².